The number of benzene rings is 1. The number of aromatic nitrogens is 1. The van der Waals surface area contributed by atoms with Crippen molar-refractivity contribution in [2.75, 3.05) is 0 Å². The van der Waals surface area contributed by atoms with E-state index in [9.17, 15) is 4.79 Å². The molecule has 130 valence electrons. The first kappa shape index (κ1) is 19.2. The summed E-state index contributed by atoms with van der Waals surface area (Å²) < 4.78 is 2.05. The maximum Gasteiger partial charge on any atom is 0.281 e. The predicted octanol–water partition coefficient (Wildman–Crippen LogP) is 5.55. The van der Waals surface area contributed by atoms with Gasteiger partial charge in [0, 0.05) is 17.6 Å². The Bertz CT molecular complexity index is 813. The fourth-order valence-electron chi connectivity index (χ4n) is 2.15. The second kappa shape index (κ2) is 7.42. The Morgan fingerprint density at radius 1 is 1.29 bits per heavy atom. The van der Waals surface area contributed by atoms with Crippen LogP contribution in [0.4, 0.5) is 0 Å². The molecular formula is C18H22Cl2N2OS. The number of halogens is 2. The van der Waals surface area contributed by atoms with E-state index in [0.29, 0.717) is 21.3 Å². The molecule has 0 unspecified atom stereocenters. The molecule has 0 atom stereocenters. The summed E-state index contributed by atoms with van der Waals surface area (Å²) in [5.41, 5.74) is 0.333. The molecule has 0 fully saturated rings. The number of thiazole rings is 1. The molecule has 24 heavy (non-hydrogen) atoms. The van der Waals surface area contributed by atoms with Gasteiger partial charge in [-0.05, 0) is 23.5 Å². The molecule has 0 saturated heterocycles. The second-order valence-electron chi connectivity index (χ2n) is 7.19. The molecule has 1 heterocycles. The molecule has 0 N–H and O–H groups in total. The van der Waals surface area contributed by atoms with Gasteiger partial charge in [-0.15, -0.1) is 11.3 Å². The molecule has 3 nitrogen and oxygen atoms in total. The highest BCUT2D eigenvalue weighted by Crippen LogP contribution is 2.27. The van der Waals surface area contributed by atoms with Crippen LogP contribution in [0.5, 0.6) is 0 Å². The van der Waals surface area contributed by atoms with E-state index in [2.05, 4.69) is 45.8 Å². The van der Waals surface area contributed by atoms with Gasteiger partial charge in [0.2, 0.25) is 0 Å². The summed E-state index contributed by atoms with van der Waals surface area (Å²) in [5, 5.41) is 0.602. The number of hydrogen-bond donors (Lipinski definition) is 0. The third kappa shape index (κ3) is 4.50. The zero-order valence-electron chi connectivity index (χ0n) is 14.6. The van der Waals surface area contributed by atoms with Crippen LogP contribution in [-0.4, -0.2) is 10.5 Å². The minimum atomic E-state index is -0.373. The Balaban J connectivity index is 2.53. The first-order valence-electron chi connectivity index (χ1n) is 7.83. The van der Waals surface area contributed by atoms with Gasteiger partial charge >= 0.3 is 0 Å². The average Bonchev–Trinajstić information content (AvgIpc) is 2.84. The van der Waals surface area contributed by atoms with Gasteiger partial charge in [-0.1, -0.05) is 63.9 Å². The maximum absolute atomic E-state index is 12.6. The van der Waals surface area contributed by atoms with Crippen molar-refractivity contribution >= 4 is 40.4 Å². The normalized spacial score (nSPS) is 12.9. The zero-order chi connectivity index (χ0) is 18.1. The SMILES string of the molecule is CC(C)Cn1cc(C(C)(C)C)sc1=NC(=O)c1cccc(Cl)c1Cl. The van der Waals surface area contributed by atoms with E-state index >= 15 is 0 Å². The highest BCUT2D eigenvalue weighted by atomic mass is 35.5. The van der Waals surface area contributed by atoms with Gasteiger partial charge in [-0.25, -0.2) is 0 Å². The summed E-state index contributed by atoms with van der Waals surface area (Å²) in [6, 6.07) is 5.00. The van der Waals surface area contributed by atoms with Crippen LogP contribution >= 0.6 is 34.5 Å². The van der Waals surface area contributed by atoms with Crippen LogP contribution in [0, 0.1) is 5.92 Å². The Morgan fingerprint density at radius 3 is 2.54 bits per heavy atom. The number of hydrogen-bond acceptors (Lipinski definition) is 2. The molecule has 6 heteroatoms. The largest absolute Gasteiger partial charge is 0.323 e. The van der Waals surface area contributed by atoms with Gasteiger partial charge in [0.05, 0.1) is 15.6 Å². The number of carbonyl (C=O) groups excluding carboxylic acids is 1. The fourth-order valence-corrected chi connectivity index (χ4v) is 3.59. The van der Waals surface area contributed by atoms with Crippen molar-refractivity contribution in [1.29, 1.82) is 0 Å². The Hall–Kier alpha value is -1.10. The molecule has 2 aromatic rings. The van der Waals surface area contributed by atoms with Crippen molar-refractivity contribution in [1.82, 2.24) is 4.57 Å². The van der Waals surface area contributed by atoms with Crippen LogP contribution in [0.2, 0.25) is 10.0 Å². The lowest BCUT2D eigenvalue weighted by Crippen LogP contribution is -2.19. The monoisotopic (exact) mass is 384 g/mol. The first-order chi connectivity index (χ1) is 11.1. The highest BCUT2D eigenvalue weighted by Gasteiger charge is 2.19. The summed E-state index contributed by atoms with van der Waals surface area (Å²) in [6.07, 6.45) is 2.09. The molecule has 0 spiro atoms. The smallest absolute Gasteiger partial charge is 0.281 e. The third-order valence-corrected chi connectivity index (χ3v) is 5.67. The molecule has 1 aromatic heterocycles. The van der Waals surface area contributed by atoms with Crippen molar-refractivity contribution in [2.45, 2.75) is 46.6 Å². The molecule has 0 radical (unpaired) electrons. The Kier molecular flexibility index (Phi) is 5.95. The molecular weight excluding hydrogens is 363 g/mol. The van der Waals surface area contributed by atoms with Crippen LogP contribution in [-0.2, 0) is 12.0 Å². The van der Waals surface area contributed by atoms with E-state index in [0.717, 1.165) is 6.54 Å². The summed E-state index contributed by atoms with van der Waals surface area (Å²) in [4.78, 5) is 18.8. The van der Waals surface area contributed by atoms with Crippen molar-refractivity contribution in [3.8, 4) is 0 Å². The highest BCUT2D eigenvalue weighted by molar-refractivity contribution is 7.09. The van der Waals surface area contributed by atoms with Crippen LogP contribution in [0.1, 0.15) is 49.9 Å². The van der Waals surface area contributed by atoms with Crippen LogP contribution in [0.3, 0.4) is 0 Å². The molecule has 2 rings (SSSR count). The number of nitrogens with zero attached hydrogens (tertiary/aromatic N) is 2. The first-order valence-corrected chi connectivity index (χ1v) is 9.40. The van der Waals surface area contributed by atoms with Crippen molar-refractivity contribution < 1.29 is 4.79 Å². The summed E-state index contributed by atoms with van der Waals surface area (Å²) in [7, 11) is 0. The Morgan fingerprint density at radius 2 is 1.96 bits per heavy atom. The van der Waals surface area contributed by atoms with Gasteiger partial charge in [-0.3, -0.25) is 4.79 Å². The van der Waals surface area contributed by atoms with Crippen LogP contribution < -0.4 is 4.80 Å². The fraction of sp³-hybridized carbons (Fsp3) is 0.444. The predicted molar refractivity (Wildman–Crippen MR) is 102 cm³/mol. The van der Waals surface area contributed by atoms with E-state index in [-0.39, 0.29) is 16.3 Å². The number of rotatable bonds is 3. The van der Waals surface area contributed by atoms with E-state index in [1.165, 1.54) is 4.88 Å². The average molecular weight is 385 g/mol. The maximum atomic E-state index is 12.6. The lowest BCUT2D eigenvalue weighted by molar-refractivity contribution is 0.0997. The van der Waals surface area contributed by atoms with Gasteiger partial charge in [0.1, 0.15) is 0 Å². The van der Waals surface area contributed by atoms with E-state index < -0.39 is 0 Å². The van der Waals surface area contributed by atoms with Crippen molar-refractivity contribution in [3.63, 3.8) is 0 Å². The minimum Gasteiger partial charge on any atom is -0.323 e. The molecule has 1 aromatic carbocycles. The van der Waals surface area contributed by atoms with Crippen LogP contribution in [0.15, 0.2) is 29.4 Å². The topological polar surface area (TPSA) is 34.4 Å². The quantitative estimate of drug-likeness (QED) is 0.682. The molecule has 0 aliphatic heterocycles. The number of carbonyl (C=O) groups is 1. The lowest BCUT2D eigenvalue weighted by Gasteiger charge is -2.14. The van der Waals surface area contributed by atoms with Crippen LogP contribution in [0.25, 0.3) is 0 Å². The van der Waals surface area contributed by atoms with Gasteiger partial charge in [0.15, 0.2) is 4.80 Å². The summed E-state index contributed by atoms with van der Waals surface area (Å²) in [5.74, 6) is 0.0820. The molecule has 0 aliphatic carbocycles. The van der Waals surface area contributed by atoms with Gasteiger partial charge < -0.3 is 4.57 Å². The number of amides is 1. The molecule has 0 aliphatic rings. The molecule has 0 saturated carbocycles. The van der Waals surface area contributed by atoms with E-state index in [4.69, 9.17) is 23.2 Å². The van der Waals surface area contributed by atoms with Crippen molar-refractivity contribution in [2.24, 2.45) is 10.9 Å². The third-order valence-electron chi connectivity index (χ3n) is 3.40. The summed E-state index contributed by atoms with van der Waals surface area (Å²) >= 11 is 13.7. The van der Waals surface area contributed by atoms with E-state index in [1.54, 1.807) is 29.5 Å². The minimum absolute atomic E-state index is 0.00785. The van der Waals surface area contributed by atoms with Gasteiger partial charge in [-0.2, -0.15) is 4.99 Å². The molecule has 0 bridgehead atoms. The van der Waals surface area contributed by atoms with Crippen molar-refractivity contribution in [3.05, 3.63) is 49.7 Å². The molecule has 1 amide bonds. The second-order valence-corrected chi connectivity index (χ2v) is 8.99. The zero-order valence-corrected chi connectivity index (χ0v) is 16.9. The standard InChI is InChI=1S/C18H22Cl2N2OS/c1-11(2)9-22-10-14(18(3,4)5)24-17(22)21-16(23)12-7-6-8-13(19)15(12)20/h6-8,10-11H,9H2,1-5H3. The lowest BCUT2D eigenvalue weighted by atomic mass is 9.95. The van der Waals surface area contributed by atoms with E-state index in [1.807, 2.05) is 4.57 Å². The van der Waals surface area contributed by atoms with Gasteiger partial charge in [0.25, 0.3) is 5.91 Å². The summed E-state index contributed by atoms with van der Waals surface area (Å²) in [6.45, 7) is 11.5. The Labute approximate surface area is 157 Å².